The molecule has 0 aliphatic carbocycles. The van der Waals surface area contributed by atoms with Crippen molar-refractivity contribution in [3.8, 4) is 0 Å². The van der Waals surface area contributed by atoms with Crippen LogP contribution < -0.4 is 11.3 Å². The molecule has 0 spiro atoms. The summed E-state index contributed by atoms with van der Waals surface area (Å²) in [5.41, 5.74) is 1.69. The number of halogens is 5. The predicted molar refractivity (Wildman–Crippen MR) is 52.3 cm³/mol. The lowest BCUT2D eigenvalue weighted by atomic mass is 10.1. The predicted octanol–water partition coefficient (Wildman–Crippen LogP) is 2.42. The van der Waals surface area contributed by atoms with Crippen LogP contribution in [0.1, 0.15) is 5.56 Å². The Morgan fingerprint density at radius 2 is 2.00 bits per heavy atom. The monoisotopic (exact) mass is 256 g/mol. The van der Waals surface area contributed by atoms with Gasteiger partial charge in [0.25, 0.3) is 0 Å². The summed E-state index contributed by atoms with van der Waals surface area (Å²) in [6, 6.07) is 1.73. The Balaban J connectivity index is 2.91. The highest BCUT2D eigenvalue weighted by atomic mass is 35.5. The molecular weight excluding hydrogens is 248 g/mol. The van der Waals surface area contributed by atoms with Crippen molar-refractivity contribution in [1.29, 1.82) is 0 Å². The van der Waals surface area contributed by atoms with Crippen LogP contribution in [0.25, 0.3) is 0 Å². The first-order valence-electron chi connectivity index (χ1n) is 4.32. The first-order valence-corrected chi connectivity index (χ1v) is 4.69. The number of hydrazine groups is 1. The number of hydrogen-bond acceptors (Lipinski definition) is 2. The SMILES string of the molecule is NNC(Cc1cccc(F)c1Cl)C(F)(F)F. The summed E-state index contributed by atoms with van der Waals surface area (Å²) in [6.07, 6.45) is -5.03. The second-order valence-corrected chi connectivity index (χ2v) is 3.56. The van der Waals surface area contributed by atoms with Crippen LogP contribution in [0.5, 0.6) is 0 Å². The van der Waals surface area contributed by atoms with Gasteiger partial charge in [0, 0.05) is 0 Å². The molecular formula is C9H9ClF4N2. The van der Waals surface area contributed by atoms with Crippen LogP contribution in [-0.2, 0) is 6.42 Å². The molecule has 0 fully saturated rings. The van der Waals surface area contributed by atoms with E-state index in [4.69, 9.17) is 17.4 Å². The highest BCUT2D eigenvalue weighted by Crippen LogP contribution is 2.26. The molecule has 1 aromatic carbocycles. The molecule has 0 saturated heterocycles. The summed E-state index contributed by atoms with van der Waals surface area (Å²) < 4.78 is 50.0. The van der Waals surface area contributed by atoms with Gasteiger partial charge < -0.3 is 0 Å². The van der Waals surface area contributed by atoms with Crippen molar-refractivity contribution < 1.29 is 17.6 Å². The molecule has 1 atom stereocenters. The van der Waals surface area contributed by atoms with Gasteiger partial charge in [-0.05, 0) is 18.1 Å². The number of benzene rings is 1. The normalized spacial score (nSPS) is 13.9. The van der Waals surface area contributed by atoms with Crippen LogP contribution in [0.2, 0.25) is 5.02 Å². The standard InChI is InChI=1S/C9H9ClF4N2/c10-8-5(2-1-3-6(8)11)4-7(16-15)9(12,13)14/h1-3,7,16H,4,15H2. The fraction of sp³-hybridized carbons (Fsp3) is 0.333. The molecule has 0 radical (unpaired) electrons. The van der Waals surface area contributed by atoms with Crippen molar-refractivity contribution in [2.45, 2.75) is 18.6 Å². The summed E-state index contributed by atoms with van der Waals surface area (Å²) in [5.74, 6) is 4.04. The van der Waals surface area contributed by atoms with Crippen molar-refractivity contribution in [2.24, 2.45) is 5.84 Å². The minimum atomic E-state index is -4.51. The Morgan fingerprint density at radius 1 is 1.38 bits per heavy atom. The summed E-state index contributed by atoms with van der Waals surface area (Å²) in [6.45, 7) is 0. The molecule has 2 nitrogen and oxygen atoms in total. The van der Waals surface area contributed by atoms with E-state index >= 15 is 0 Å². The van der Waals surface area contributed by atoms with E-state index in [1.54, 1.807) is 5.43 Å². The van der Waals surface area contributed by atoms with Gasteiger partial charge in [-0.25, -0.2) is 9.82 Å². The third kappa shape index (κ3) is 3.07. The number of alkyl halides is 3. The van der Waals surface area contributed by atoms with Crippen LogP contribution in [0.3, 0.4) is 0 Å². The average Bonchev–Trinajstić information content (AvgIpc) is 2.18. The minimum absolute atomic E-state index is 0.0574. The van der Waals surface area contributed by atoms with E-state index in [0.717, 1.165) is 6.07 Å². The zero-order valence-corrected chi connectivity index (χ0v) is 8.74. The Bertz CT molecular complexity index is 367. The van der Waals surface area contributed by atoms with E-state index in [2.05, 4.69) is 0 Å². The molecule has 0 aliphatic rings. The molecule has 1 unspecified atom stereocenters. The Kier molecular flexibility index (Phi) is 4.12. The number of nitrogens with one attached hydrogen (secondary N) is 1. The molecule has 0 aliphatic heterocycles. The Hall–Kier alpha value is -0.850. The van der Waals surface area contributed by atoms with Crippen LogP contribution in [-0.4, -0.2) is 12.2 Å². The quantitative estimate of drug-likeness (QED) is 0.495. The largest absolute Gasteiger partial charge is 0.405 e. The molecule has 0 amide bonds. The second kappa shape index (κ2) is 4.99. The van der Waals surface area contributed by atoms with Crippen molar-refractivity contribution >= 4 is 11.6 Å². The number of nitrogens with two attached hydrogens (primary N) is 1. The van der Waals surface area contributed by atoms with Gasteiger partial charge in [0.1, 0.15) is 11.9 Å². The minimum Gasteiger partial charge on any atom is -0.271 e. The van der Waals surface area contributed by atoms with E-state index in [-0.39, 0.29) is 10.6 Å². The van der Waals surface area contributed by atoms with Gasteiger partial charge in [0.15, 0.2) is 0 Å². The zero-order valence-electron chi connectivity index (χ0n) is 7.98. The lowest BCUT2D eigenvalue weighted by molar-refractivity contribution is -0.155. The molecule has 0 bridgehead atoms. The lowest BCUT2D eigenvalue weighted by Crippen LogP contribution is -2.47. The van der Waals surface area contributed by atoms with Gasteiger partial charge in [-0.15, -0.1) is 0 Å². The first kappa shape index (κ1) is 13.2. The maximum absolute atomic E-state index is 13.0. The van der Waals surface area contributed by atoms with Gasteiger partial charge in [-0.2, -0.15) is 13.2 Å². The van der Waals surface area contributed by atoms with E-state index in [1.807, 2.05) is 0 Å². The van der Waals surface area contributed by atoms with E-state index in [9.17, 15) is 17.6 Å². The third-order valence-electron chi connectivity index (χ3n) is 2.05. The molecule has 0 aromatic heterocycles. The van der Waals surface area contributed by atoms with Crippen LogP contribution in [0.4, 0.5) is 17.6 Å². The Labute approximate surface area is 94.4 Å². The number of rotatable bonds is 3. The molecule has 1 aromatic rings. The molecule has 1 rings (SSSR count). The van der Waals surface area contributed by atoms with Crippen LogP contribution in [0.15, 0.2) is 18.2 Å². The van der Waals surface area contributed by atoms with Crippen LogP contribution >= 0.6 is 11.6 Å². The van der Waals surface area contributed by atoms with Gasteiger partial charge >= 0.3 is 6.18 Å². The molecule has 0 heterocycles. The van der Waals surface area contributed by atoms with Crippen molar-refractivity contribution in [2.75, 3.05) is 0 Å². The van der Waals surface area contributed by atoms with E-state index in [0.29, 0.717) is 0 Å². The second-order valence-electron chi connectivity index (χ2n) is 3.18. The molecule has 3 N–H and O–H groups in total. The molecule has 90 valence electrons. The average molecular weight is 257 g/mol. The smallest absolute Gasteiger partial charge is 0.271 e. The summed E-state index contributed by atoms with van der Waals surface area (Å²) in [5, 5.41) is -0.313. The highest BCUT2D eigenvalue weighted by Gasteiger charge is 2.39. The lowest BCUT2D eigenvalue weighted by Gasteiger charge is -2.19. The Morgan fingerprint density at radius 3 is 2.50 bits per heavy atom. The fourth-order valence-corrected chi connectivity index (χ4v) is 1.40. The van der Waals surface area contributed by atoms with Crippen molar-refractivity contribution in [3.63, 3.8) is 0 Å². The van der Waals surface area contributed by atoms with Crippen molar-refractivity contribution in [1.82, 2.24) is 5.43 Å². The molecule has 7 heteroatoms. The highest BCUT2D eigenvalue weighted by molar-refractivity contribution is 6.31. The van der Waals surface area contributed by atoms with Gasteiger partial charge in [-0.1, -0.05) is 23.7 Å². The van der Waals surface area contributed by atoms with E-state index < -0.39 is 24.5 Å². The van der Waals surface area contributed by atoms with Gasteiger partial charge in [-0.3, -0.25) is 5.84 Å². The third-order valence-corrected chi connectivity index (χ3v) is 2.48. The first-order chi connectivity index (χ1) is 7.36. The summed E-state index contributed by atoms with van der Waals surface area (Å²) in [7, 11) is 0. The van der Waals surface area contributed by atoms with Gasteiger partial charge in [0.05, 0.1) is 5.02 Å². The van der Waals surface area contributed by atoms with Crippen molar-refractivity contribution in [3.05, 3.63) is 34.6 Å². The summed E-state index contributed by atoms with van der Waals surface area (Å²) >= 11 is 5.53. The molecule has 0 saturated carbocycles. The van der Waals surface area contributed by atoms with Gasteiger partial charge in [0.2, 0.25) is 0 Å². The maximum atomic E-state index is 13.0. The van der Waals surface area contributed by atoms with E-state index in [1.165, 1.54) is 12.1 Å². The topological polar surface area (TPSA) is 38.0 Å². The zero-order chi connectivity index (χ0) is 12.3. The number of hydrogen-bond donors (Lipinski definition) is 2. The molecule has 16 heavy (non-hydrogen) atoms. The summed E-state index contributed by atoms with van der Waals surface area (Å²) in [4.78, 5) is 0. The van der Waals surface area contributed by atoms with Crippen LogP contribution in [0, 0.1) is 5.82 Å². The maximum Gasteiger partial charge on any atom is 0.405 e. The fourth-order valence-electron chi connectivity index (χ4n) is 1.20.